The largest absolute Gasteiger partial charge is 0.496 e. The molecule has 0 aliphatic rings. The summed E-state index contributed by atoms with van der Waals surface area (Å²) >= 11 is 0. The Morgan fingerprint density at radius 1 is 0.219 bits per heavy atom. The van der Waals surface area contributed by atoms with E-state index >= 15 is 0 Å². The Morgan fingerprint density at radius 2 is 0.500 bits per heavy atom. The van der Waals surface area contributed by atoms with Crippen LogP contribution in [0.1, 0.15) is 0 Å². The summed E-state index contributed by atoms with van der Waals surface area (Å²) in [6.45, 7) is 0. The number of benzene rings is 12. The molecule has 0 amide bonds. The number of methoxy groups -OCH3 is 2. The maximum absolute atomic E-state index is 6.13. The van der Waals surface area contributed by atoms with E-state index in [1.807, 2.05) is 0 Å². The molecule has 64 heavy (non-hydrogen) atoms. The molecule has 12 aromatic carbocycles. The molecule has 0 bridgehead atoms. The highest BCUT2D eigenvalue weighted by Gasteiger charge is 2.20. The SMILES string of the molecule is COc1ccc2cc(-c3ccc(-c4c5ccccc5cc5ccccc45)cc3)ccc2c1-c1c(OC)ccc2cc(-c3ccc(-c4c5ccccc5cc5ccccc45)cc3)ccc12. The van der Waals surface area contributed by atoms with Gasteiger partial charge in [-0.25, -0.2) is 0 Å². The van der Waals surface area contributed by atoms with Crippen molar-refractivity contribution in [3.63, 3.8) is 0 Å². The van der Waals surface area contributed by atoms with Gasteiger partial charge in [-0.15, -0.1) is 0 Å². The molecule has 0 N–H and O–H groups in total. The van der Waals surface area contributed by atoms with E-state index in [-0.39, 0.29) is 0 Å². The molecular formula is C62H42O2. The summed E-state index contributed by atoms with van der Waals surface area (Å²) in [5, 5.41) is 14.5. The van der Waals surface area contributed by atoms with Crippen molar-refractivity contribution in [1.82, 2.24) is 0 Å². The first-order chi connectivity index (χ1) is 31.6. The predicted molar refractivity (Wildman–Crippen MR) is 272 cm³/mol. The first-order valence-corrected chi connectivity index (χ1v) is 21.9. The van der Waals surface area contributed by atoms with Crippen molar-refractivity contribution in [3.8, 4) is 67.1 Å². The summed E-state index contributed by atoms with van der Waals surface area (Å²) in [4.78, 5) is 0. The van der Waals surface area contributed by atoms with Crippen LogP contribution in [0.15, 0.2) is 218 Å². The van der Waals surface area contributed by atoms with E-state index in [1.54, 1.807) is 14.2 Å². The second kappa shape index (κ2) is 15.3. The van der Waals surface area contributed by atoms with Crippen molar-refractivity contribution in [1.29, 1.82) is 0 Å². The topological polar surface area (TPSA) is 18.5 Å². The van der Waals surface area contributed by atoms with Crippen LogP contribution in [0.4, 0.5) is 0 Å². The lowest BCUT2D eigenvalue weighted by Crippen LogP contribution is -1.95. The molecule has 0 heterocycles. The van der Waals surface area contributed by atoms with E-state index in [4.69, 9.17) is 9.47 Å². The fourth-order valence-electron chi connectivity index (χ4n) is 10.1. The van der Waals surface area contributed by atoms with Crippen LogP contribution in [0.25, 0.3) is 120 Å². The number of hydrogen-bond donors (Lipinski definition) is 0. The molecule has 0 radical (unpaired) electrons. The van der Waals surface area contributed by atoms with E-state index < -0.39 is 0 Å². The van der Waals surface area contributed by atoms with E-state index in [2.05, 4.69) is 218 Å². The normalized spacial score (nSPS) is 11.6. The van der Waals surface area contributed by atoms with Crippen molar-refractivity contribution >= 4 is 64.6 Å². The number of hydrogen-bond acceptors (Lipinski definition) is 2. The molecule has 0 aliphatic heterocycles. The van der Waals surface area contributed by atoms with Crippen molar-refractivity contribution < 1.29 is 9.47 Å². The number of fused-ring (bicyclic) bond motifs is 6. The van der Waals surface area contributed by atoms with Gasteiger partial charge in [0.1, 0.15) is 11.5 Å². The molecule has 0 aromatic heterocycles. The summed E-state index contributed by atoms with van der Waals surface area (Å²) in [6.07, 6.45) is 0. The fraction of sp³-hybridized carbons (Fsp3) is 0.0323. The van der Waals surface area contributed by atoms with E-state index in [1.165, 1.54) is 76.5 Å². The van der Waals surface area contributed by atoms with E-state index in [9.17, 15) is 0 Å². The zero-order valence-corrected chi connectivity index (χ0v) is 35.6. The zero-order valence-electron chi connectivity index (χ0n) is 35.6. The smallest absolute Gasteiger partial charge is 0.127 e. The maximum Gasteiger partial charge on any atom is 0.127 e. The summed E-state index contributed by atoms with van der Waals surface area (Å²) in [7, 11) is 3.50. The van der Waals surface area contributed by atoms with Gasteiger partial charge in [0.25, 0.3) is 0 Å². The Morgan fingerprint density at radius 3 is 0.844 bits per heavy atom. The van der Waals surface area contributed by atoms with Crippen molar-refractivity contribution in [3.05, 3.63) is 218 Å². The Balaban J connectivity index is 0.919. The minimum absolute atomic E-state index is 0.804. The van der Waals surface area contributed by atoms with Gasteiger partial charge in [0.15, 0.2) is 0 Å². The minimum atomic E-state index is 0.804. The van der Waals surface area contributed by atoms with Crippen LogP contribution in [0.2, 0.25) is 0 Å². The molecular weight excluding hydrogens is 777 g/mol. The molecule has 0 unspecified atom stereocenters. The Hall–Kier alpha value is -8.20. The molecule has 0 saturated carbocycles. The molecule has 0 fully saturated rings. The zero-order chi connectivity index (χ0) is 42.7. The Labute approximate surface area is 372 Å². The second-order valence-electron chi connectivity index (χ2n) is 16.7. The number of ether oxygens (including phenoxy) is 2. The van der Waals surface area contributed by atoms with Gasteiger partial charge in [-0.1, -0.05) is 182 Å². The fourth-order valence-corrected chi connectivity index (χ4v) is 10.1. The van der Waals surface area contributed by atoms with Gasteiger partial charge in [-0.05, 0) is 146 Å². The number of rotatable bonds is 7. The summed E-state index contributed by atoms with van der Waals surface area (Å²) in [5.74, 6) is 1.61. The van der Waals surface area contributed by atoms with Crippen LogP contribution in [0.5, 0.6) is 11.5 Å². The summed E-state index contributed by atoms with van der Waals surface area (Å²) in [5.41, 5.74) is 11.7. The van der Waals surface area contributed by atoms with Gasteiger partial charge < -0.3 is 9.47 Å². The predicted octanol–water partition coefficient (Wildman–Crippen LogP) is 17.0. The van der Waals surface area contributed by atoms with Crippen LogP contribution in [0.3, 0.4) is 0 Å². The average molecular weight is 819 g/mol. The van der Waals surface area contributed by atoms with Crippen LogP contribution in [-0.4, -0.2) is 14.2 Å². The van der Waals surface area contributed by atoms with Gasteiger partial charge in [0.2, 0.25) is 0 Å². The first-order valence-electron chi connectivity index (χ1n) is 21.9. The molecule has 12 aromatic rings. The van der Waals surface area contributed by atoms with Crippen LogP contribution < -0.4 is 9.47 Å². The summed E-state index contributed by atoms with van der Waals surface area (Å²) < 4.78 is 12.3. The van der Waals surface area contributed by atoms with Crippen LogP contribution in [0, 0.1) is 0 Å². The van der Waals surface area contributed by atoms with E-state index in [0.717, 1.165) is 55.3 Å². The summed E-state index contributed by atoms with van der Waals surface area (Å²) in [6, 6.07) is 79.4. The molecule has 12 rings (SSSR count). The van der Waals surface area contributed by atoms with Crippen molar-refractivity contribution in [2.75, 3.05) is 14.2 Å². The first kappa shape index (κ1) is 37.6. The van der Waals surface area contributed by atoms with Gasteiger partial charge in [0, 0.05) is 11.1 Å². The minimum Gasteiger partial charge on any atom is -0.496 e. The molecule has 302 valence electrons. The maximum atomic E-state index is 6.13. The highest BCUT2D eigenvalue weighted by molar-refractivity contribution is 6.15. The third kappa shape index (κ3) is 6.18. The van der Waals surface area contributed by atoms with Gasteiger partial charge >= 0.3 is 0 Å². The van der Waals surface area contributed by atoms with Crippen molar-refractivity contribution in [2.45, 2.75) is 0 Å². The molecule has 0 atom stereocenters. The van der Waals surface area contributed by atoms with Gasteiger partial charge in [-0.2, -0.15) is 0 Å². The monoisotopic (exact) mass is 818 g/mol. The molecule has 0 saturated heterocycles. The van der Waals surface area contributed by atoms with Crippen LogP contribution in [-0.2, 0) is 0 Å². The molecule has 2 heteroatoms. The Kier molecular flexibility index (Phi) is 8.98. The lowest BCUT2D eigenvalue weighted by atomic mass is 9.89. The Bertz CT molecular complexity index is 3430. The average Bonchev–Trinajstić information content (AvgIpc) is 3.36. The highest BCUT2D eigenvalue weighted by atomic mass is 16.5. The van der Waals surface area contributed by atoms with Gasteiger partial charge in [0.05, 0.1) is 14.2 Å². The van der Waals surface area contributed by atoms with Gasteiger partial charge in [-0.3, -0.25) is 0 Å². The van der Waals surface area contributed by atoms with Crippen LogP contribution >= 0.6 is 0 Å². The third-order valence-corrected chi connectivity index (χ3v) is 13.2. The molecule has 2 nitrogen and oxygen atoms in total. The van der Waals surface area contributed by atoms with Crippen molar-refractivity contribution in [2.24, 2.45) is 0 Å². The third-order valence-electron chi connectivity index (χ3n) is 13.2. The quantitative estimate of drug-likeness (QED) is 0.149. The van der Waals surface area contributed by atoms with E-state index in [0.29, 0.717) is 0 Å². The molecule has 0 aliphatic carbocycles. The lowest BCUT2D eigenvalue weighted by Gasteiger charge is -2.19. The molecule has 0 spiro atoms. The lowest BCUT2D eigenvalue weighted by molar-refractivity contribution is 0.411. The highest BCUT2D eigenvalue weighted by Crippen LogP contribution is 2.47. The standard InChI is InChI=1S/C62H42O2/c1-63-57-33-29-49-35-43(39-19-23-41(24-20-39)59-51-15-7-3-11-45(51)37-46-12-4-8-16-52(46)59)27-31-55(49)61(57)62-56-32-28-44(36-50(56)30-34-58(62)64-2)40-21-25-42(26-22-40)60-53-17-9-5-13-47(53)38-48-14-6-10-18-54(48)60/h3-38H,1-2H3. The second-order valence-corrected chi connectivity index (χ2v) is 16.7.